The molecule has 1 amide bonds. The molecule has 1 aliphatic rings. The summed E-state index contributed by atoms with van der Waals surface area (Å²) < 4.78 is 0. The number of hydrogen-bond acceptors (Lipinski definition) is 4. The predicted octanol–water partition coefficient (Wildman–Crippen LogP) is 2.07. The fraction of sp³-hybridized carbons (Fsp3) is 0.538. The molecule has 1 aromatic rings. The molecule has 0 spiro atoms. The number of thiophene rings is 1. The molecule has 1 fully saturated rings. The van der Waals surface area contributed by atoms with E-state index >= 15 is 0 Å². The largest absolute Gasteiger partial charge is 0.480 e. The number of carboxylic acids is 1. The first-order valence-electron chi connectivity index (χ1n) is 6.19. The van der Waals surface area contributed by atoms with Crippen molar-refractivity contribution in [1.29, 1.82) is 0 Å². The van der Waals surface area contributed by atoms with Crippen molar-refractivity contribution < 1.29 is 14.7 Å². The van der Waals surface area contributed by atoms with Gasteiger partial charge in [-0.15, -0.1) is 11.3 Å². The lowest BCUT2D eigenvalue weighted by Gasteiger charge is -2.33. The lowest BCUT2D eigenvalue weighted by Crippen LogP contribution is -2.56. The molecule has 0 unspecified atom stereocenters. The minimum Gasteiger partial charge on any atom is -0.480 e. The molecule has 0 saturated carbocycles. The first kappa shape index (κ1) is 14.4. The standard InChI is InChI=1S/C13H17NO3S2/c1-9-2-3-10(19-9)8-11(15)14-13(12(16)17)4-6-18-7-5-13/h2-3H,4-8H2,1H3,(H,14,15)(H,16,17). The number of thioether (sulfide) groups is 1. The van der Waals surface area contributed by atoms with Crippen LogP contribution in [0, 0.1) is 6.92 Å². The van der Waals surface area contributed by atoms with Gasteiger partial charge in [0.05, 0.1) is 6.42 Å². The number of carbonyl (C=O) groups is 2. The SMILES string of the molecule is Cc1ccc(CC(=O)NC2(C(=O)O)CCSCC2)s1. The Balaban J connectivity index is 2.01. The number of nitrogens with one attached hydrogen (secondary N) is 1. The fourth-order valence-electron chi connectivity index (χ4n) is 2.16. The molecule has 2 rings (SSSR count). The Labute approximate surface area is 120 Å². The van der Waals surface area contributed by atoms with E-state index in [0.717, 1.165) is 21.3 Å². The van der Waals surface area contributed by atoms with Crippen molar-refractivity contribution in [3.05, 3.63) is 21.9 Å². The van der Waals surface area contributed by atoms with Crippen LogP contribution in [0.1, 0.15) is 22.6 Å². The summed E-state index contributed by atoms with van der Waals surface area (Å²) in [4.78, 5) is 25.6. The van der Waals surface area contributed by atoms with Crippen LogP contribution in [0.25, 0.3) is 0 Å². The summed E-state index contributed by atoms with van der Waals surface area (Å²) in [6.07, 6.45) is 1.27. The average Bonchev–Trinajstić information content (AvgIpc) is 2.75. The monoisotopic (exact) mass is 299 g/mol. The maximum absolute atomic E-state index is 12.0. The molecule has 0 radical (unpaired) electrons. The molecule has 0 atom stereocenters. The molecule has 2 heterocycles. The first-order valence-corrected chi connectivity index (χ1v) is 8.16. The van der Waals surface area contributed by atoms with E-state index in [-0.39, 0.29) is 12.3 Å². The van der Waals surface area contributed by atoms with Crippen molar-refractivity contribution in [3.8, 4) is 0 Å². The lowest BCUT2D eigenvalue weighted by molar-refractivity contribution is -0.148. The van der Waals surface area contributed by atoms with Gasteiger partial charge in [-0.05, 0) is 43.4 Å². The van der Waals surface area contributed by atoms with Gasteiger partial charge in [0.15, 0.2) is 0 Å². The molecule has 2 N–H and O–H groups in total. The fourth-order valence-corrected chi connectivity index (χ4v) is 4.24. The van der Waals surface area contributed by atoms with Gasteiger partial charge in [-0.1, -0.05) is 0 Å². The number of carboxylic acid groups (broad SMARTS) is 1. The molecule has 1 aromatic heterocycles. The van der Waals surface area contributed by atoms with Crippen LogP contribution in [0.5, 0.6) is 0 Å². The highest BCUT2D eigenvalue weighted by Crippen LogP contribution is 2.27. The molecule has 6 heteroatoms. The lowest BCUT2D eigenvalue weighted by atomic mass is 9.92. The normalized spacial score (nSPS) is 17.9. The summed E-state index contributed by atoms with van der Waals surface area (Å²) >= 11 is 3.31. The molecule has 4 nitrogen and oxygen atoms in total. The van der Waals surface area contributed by atoms with Crippen molar-refractivity contribution in [2.45, 2.75) is 31.7 Å². The van der Waals surface area contributed by atoms with Crippen molar-refractivity contribution in [2.75, 3.05) is 11.5 Å². The van der Waals surface area contributed by atoms with E-state index in [1.807, 2.05) is 19.1 Å². The number of hydrogen-bond donors (Lipinski definition) is 2. The minimum atomic E-state index is -1.06. The van der Waals surface area contributed by atoms with E-state index in [4.69, 9.17) is 0 Å². The summed E-state index contributed by atoms with van der Waals surface area (Å²) in [6.45, 7) is 1.99. The van der Waals surface area contributed by atoms with Gasteiger partial charge in [-0.2, -0.15) is 11.8 Å². The van der Waals surface area contributed by atoms with Gasteiger partial charge in [0.2, 0.25) is 5.91 Å². The van der Waals surface area contributed by atoms with Crippen LogP contribution < -0.4 is 5.32 Å². The molecule has 0 aliphatic carbocycles. The second-order valence-electron chi connectivity index (χ2n) is 4.74. The van der Waals surface area contributed by atoms with Gasteiger partial charge in [0, 0.05) is 9.75 Å². The van der Waals surface area contributed by atoms with Crippen molar-refractivity contribution in [3.63, 3.8) is 0 Å². The Morgan fingerprint density at radius 2 is 2.05 bits per heavy atom. The van der Waals surface area contributed by atoms with E-state index in [2.05, 4.69) is 5.32 Å². The Hall–Kier alpha value is -1.01. The van der Waals surface area contributed by atoms with Crippen LogP contribution >= 0.6 is 23.1 Å². The van der Waals surface area contributed by atoms with E-state index in [9.17, 15) is 14.7 Å². The van der Waals surface area contributed by atoms with E-state index in [0.29, 0.717) is 12.8 Å². The van der Waals surface area contributed by atoms with Crippen LogP contribution in [0.2, 0.25) is 0 Å². The van der Waals surface area contributed by atoms with Gasteiger partial charge in [-0.3, -0.25) is 4.79 Å². The topological polar surface area (TPSA) is 66.4 Å². The van der Waals surface area contributed by atoms with Crippen molar-refractivity contribution in [2.24, 2.45) is 0 Å². The first-order chi connectivity index (χ1) is 9.02. The van der Waals surface area contributed by atoms with Crippen LogP contribution in [0.4, 0.5) is 0 Å². The van der Waals surface area contributed by atoms with Crippen LogP contribution in [0.3, 0.4) is 0 Å². The molecule has 1 saturated heterocycles. The molecule has 0 bridgehead atoms. The van der Waals surface area contributed by atoms with Crippen LogP contribution in [-0.2, 0) is 16.0 Å². The number of amides is 1. The number of aliphatic carboxylic acids is 1. The maximum atomic E-state index is 12.0. The highest BCUT2D eigenvalue weighted by atomic mass is 32.2. The van der Waals surface area contributed by atoms with E-state index in [1.54, 1.807) is 23.1 Å². The van der Waals surface area contributed by atoms with Gasteiger partial charge in [0.1, 0.15) is 5.54 Å². The third-order valence-electron chi connectivity index (χ3n) is 3.27. The summed E-state index contributed by atoms with van der Waals surface area (Å²) in [6, 6.07) is 3.89. The summed E-state index contributed by atoms with van der Waals surface area (Å²) in [5.41, 5.74) is -1.06. The van der Waals surface area contributed by atoms with E-state index in [1.165, 1.54) is 0 Å². The molecule has 19 heavy (non-hydrogen) atoms. The van der Waals surface area contributed by atoms with Crippen LogP contribution in [-0.4, -0.2) is 34.0 Å². The number of carbonyl (C=O) groups excluding carboxylic acids is 1. The highest BCUT2D eigenvalue weighted by molar-refractivity contribution is 7.99. The third kappa shape index (κ3) is 3.51. The third-order valence-corrected chi connectivity index (χ3v) is 5.25. The summed E-state index contributed by atoms with van der Waals surface area (Å²) in [5.74, 6) is 0.453. The van der Waals surface area contributed by atoms with Crippen molar-refractivity contribution in [1.82, 2.24) is 5.32 Å². The van der Waals surface area contributed by atoms with Gasteiger partial charge in [0.25, 0.3) is 0 Å². The zero-order valence-electron chi connectivity index (χ0n) is 10.8. The Kier molecular flexibility index (Phi) is 4.52. The summed E-state index contributed by atoms with van der Waals surface area (Å²) in [5, 5.41) is 12.1. The second-order valence-corrected chi connectivity index (χ2v) is 7.33. The van der Waals surface area contributed by atoms with E-state index < -0.39 is 11.5 Å². The van der Waals surface area contributed by atoms with Gasteiger partial charge < -0.3 is 10.4 Å². The van der Waals surface area contributed by atoms with Gasteiger partial charge >= 0.3 is 5.97 Å². The molecule has 0 aromatic carbocycles. The Morgan fingerprint density at radius 1 is 1.37 bits per heavy atom. The molecule has 104 valence electrons. The average molecular weight is 299 g/mol. The molecular weight excluding hydrogens is 282 g/mol. The van der Waals surface area contributed by atoms with Crippen molar-refractivity contribution >= 4 is 35.0 Å². The van der Waals surface area contributed by atoms with Gasteiger partial charge in [-0.25, -0.2) is 4.79 Å². The van der Waals surface area contributed by atoms with Crippen LogP contribution in [0.15, 0.2) is 12.1 Å². The minimum absolute atomic E-state index is 0.198. The summed E-state index contributed by atoms with van der Waals surface area (Å²) in [7, 11) is 0. The Morgan fingerprint density at radius 3 is 2.58 bits per heavy atom. The zero-order chi connectivity index (χ0) is 13.9. The highest BCUT2D eigenvalue weighted by Gasteiger charge is 2.41. The number of aryl methyl sites for hydroxylation is 1. The zero-order valence-corrected chi connectivity index (χ0v) is 12.4. The Bertz CT molecular complexity index is 478. The second kappa shape index (κ2) is 5.96. The molecular formula is C13H17NO3S2. The maximum Gasteiger partial charge on any atom is 0.329 e. The quantitative estimate of drug-likeness (QED) is 0.893. The number of rotatable bonds is 4. The molecule has 1 aliphatic heterocycles. The predicted molar refractivity (Wildman–Crippen MR) is 77.8 cm³/mol. The smallest absolute Gasteiger partial charge is 0.329 e.